The third-order valence-corrected chi connectivity index (χ3v) is 4.19. The Morgan fingerprint density at radius 3 is 2.55 bits per heavy atom. The van der Waals surface area contributed by atoms with Gasteiger partial charge < -0.3 is 4.90 Å². The number of para-hydroxylation sites is 1. The number of rotatable bonds is 2. The lowest BCUT2D eigenvalue weighted by molar-refractivity contribution is -0.118. The van der Waals surface area contributed by atoms with Crippen molar-refractivity contribution in [2.45, 2.75) is 24.8 Å². The van der Waals surface area contributed by atoms with E-state index in [0.717, 1.165) is 17.7 Å². The van der Waals surface area contributed by atoms with Gasteiger partial charge in [0, 0.05) is 11.7 Å². The first-order valence-electron chi connectivity index (χ1n) is 6.78. The van der Waals surface area contributed by atoms with Gasteiger partial charge in [-0.25, -0.2) is 0 Å². The lowest BCUT2D eigenvalue weighted by atomic mass is 10.1. The summed E-state index contributed by atoms with van der Waals surface area (Å²) in [6.45, 7) is 2.06. The van der Waals surface area contributed by atoms with E-state index < -0.39 is 5.38 Å². The Labute approximate surface area is 124 Å². The van der Waals surface area contributed by atoms with Crippen molar-refractivity contribution >= 4 is 23.2 Å². The van der Waals surface area contributed by atoms with E-state index in [1.165, 1.54) is 5.56 Å². The number of carbonyl (C=O) groups is 1. The third kappa shape index (κ3) is 2.20. The predicted molar refractivity (Wildman–Crippen MR) is 82.1 cm³/mol. The highest BCUT2D eigenvalue weighted by molar-refractivity contribution is 6.33. The Morgan fingerprint density at radius 2 is 1.80 bits per heavy atom. The molecule has 3 heteroatoms. The Hall–Kier alpha value is -1.80. The quantitative estimate of drug-likeness (QED) is 0.765. The molecular formula is C17H16ClNO. The normalized spacial score (nSPS) is 18.7. The van der Waals surface area contributed by atoms with Crippen LogP contribution in [0, 0.1) is 0 Å². The van der Waals surface area contributed by atoms with Crippen LogP contribution in [0.1, 0.15) is 23.4 Å². The van der Waals surface area contributed by atoms with Gasteiger partial charge in [0.25, 0.3) is 0 Å². The summed E-state index contributed by atoms with van der Waals surface area (Å²) >= 11 is 6.38. The van der Waals surface area contributed by atoms with Crippen LogP contribution in [0.15, 0.2) is 54.6 Å². The van der Waals surface area contributed by atoms with Gasteiger partial charge in [-0.15, -0.1) is 11.6 Å². The molecule has 0 bridgehead atoms. The van der Waals surface area contributed by atoms with E-state index in [0.29, 0.717) is 0 Å². The number of amides is 1. The molecule has 1 amide bonds. The number of benzene rings is 2. The molecule has 0 saturated carbocycles. The summed E-state index contributed by atoms with van der Waals surface area (Å²) in [4.78, 5) is 14.5. The zero-order valence-corrected chi connectivity index (χ0v) is 12.0. The van der Waals surface area contributed by atoms with E-state index in [1.807, 2.05) is 53.4 Å². The monoisotopic (exact) mass is 285 g/mol. The summed E-state index contributed by atoms with van der Waals surface area (Å²) in [5.41, 5.74) is 3.05. The van der Waals surface area contributed by atoms with Crippen LogP contribution in [0.2, 0.25) is 0 Å². The molecule has 0 radical (unpaired) electrons. The summed E-state index contributed by atoms with van der Waals surface area (Å²) in [6.07, 6.45) is 0.889. The molecule has 0 spiro atoms. The number of carbonyl (C=O) groups excluding carboxylic acids is 1. The van der Waals surface area contributed by atoms with Gasteiger partial charge in [-0.3, -0.25) is 4.79 Å². The van der Waals surface area contributed by atoms with Crippen LogP contribution in [0.4, 0.5) is 5.69 Å². The molecule has 1 aliphatic heterocycles. The van der Waals surface area contributed by atoms with Crippen molar-refractivity contribution in [3.05, 3.63) is 65.7 Å². The standard InChI is InChI=1S/C17H16ClNO/c1-12-11-14-9-5-6-10-15(14)19(12)17(20)16(18)13-7-3-2-4-8-13/h2-10,12,16H,11H2,1H3/t12-,16+/m1/s1. The summed E-state index contributed by atoms with van der Waals surface area (Å²) in [6, 6.07) is 17.7. The minimum Gasteiger partial charge on any atom is -0.307 e. The van der Waals surface area contributed by atoms with Crippen molar-refractivity contribution in [2.75, 3.05) is 4.90 Å². The molecule has 2 aromatic carbocycles. The third-order valence-electron chi connectivity index (χ3n) is 3.75. The summed E-state index contributed by atoms with van der Waals surface area (Å²) in [5, 5.41) is -0.634. The molecular weight excluding hydrogens is 270 g/mol. The minimum atomic E-state index is -0.634. The zero-order chi connectivity index (χ0) is 14.1. The predicted octanol–water partition coefficient (Wildman–Crippen LogP) is 3.94. The van der Waals surface area contributed by atoms with Crippen molar-refractivity contribution in [1.82, 2.24) is 0 Å². The average Bonchev–Trinajstić information content (AvgIpc) is 2.82. The maximum Gasteiger partial charge on any atom is 0.249 e. The summed E-state index contributed by atoms with van der Waals surface area (Å²) in [5.74, 6) is -0.0460. The van der Waals surface area contributed by atoms with Crippen molar-refractivity contribution in [1.29, 1.82) is 0 Å². The Bertz CT molecular complexity index is 626. The van der Waals surface area contributed by atoms with Gasteiger partial charge in [0.05, 0.1) is 0 Å². The lowest BCUT2D eigenvalue weighted by Gasteiger charge is -2.25. The van der Waals surface area contributed by atoms with Gasteiger partial charge in [-0.05, 0) is 30.5 Å². The lowest BCUT2D eigenvalue weighted by Crippen LogP contribution is -2.37. The molecule has 1 aliphatic rings. The SMILES string of the molecule is C[C@@H]1Cc2ccccc2N1C(=O)[C@@H](Cl)c1ccccc1. The van der Waals surface area contributed by atoms with Crippen LogP contribution in [-0.2, 0) is 11.2 Å². The van der Waals surface area contributed by atoms with Crippen molar-refractivity contribution in [3.8, 4) is 0 Å². The maximum atomic E-state index is 12.7. The fourth-order valence-corrected chi connectivity index (χ4v) is 3.04. The largest absolute Gasteiger partial charge is 0.307 e. The number of hydrogen-bond acceptors (Lipinski definition) is 1. The zero-order valence-electron chi connectivity index (χ0n) is 11.3. The van der Waals surface area contributed by atoms with E-state index in [9.17, 15) is 4.79 Å². The van der Waals surface area contributed by atoms with Gasteiger partial charge in [0.2, 0.25) is 5.91 Å². The van der Waals surface area contributed by atoms with Crippen LogP contribution in [0.25, 0.3) is 0 Å². The molecule has 3 rings (SSSR count). The van der Waals surface area contributed by atoms with Crippen molar-refractivity contribution < 1.29 is 4.79 Å². The van der Waals surface area contributed by atoms with E-state index in [4.69, 9.17) is 11.6 Å². The average molecular weight is 286 g/mol. The molecule has 0 saturated heterocycles. The molecule has 102 valence electrons. The van der Waals surface area contributed by atoms with Crippen LogP contribution in [0.5, 0.6) is 0 Å². The van der Waals surface area contributed by atoms with E-state index in [1.54, 1.807) is 0 Å². The number of nitrogens with zero attached hydrogens (tertiary/aromatic N) is 1. The van der Waals surface area contributed by atoms with Crippen molar-refractivity contribution in [2.24, 2.45) is 0 Å². The number of fused-ring (bicyclic) bond motifs is 1. The second-order valence-electron chi connectivity index (χ2n) is 5.16. The second kappa shape index (κ2) is 5.29. The van der Waals surface area contributed by atoms with Crippen LogP contribution >= 0.6 is 11.6 Å². The topological polar surface area (TPSA) is 20.3 Å². The first-order chi connectivity index (χ1) is 9.68. The van der Waals surface area contributed by atoms with E-state index in [2.05, 4.69) is 13.0 Å². The summed E-state index contributed by atoms with van der Waals surface area (Å²) in [7, 11) is 0. The first kappa shape index (κ1) is 13.2. The fourth-order valence-electron chi connectivity index (χ4n) is 2.79. The highest BCUT2D eigenvalue weighted by atomic mass is 35.5. The van der Waals surface area contributed by atoms with Crippen molar-refractivity contribution in [3.63, 3.8) is 0 Å². The van der Waals surface area contributed by atoms with E-state index in [-0.39, 0.29) is 11.9 Å². The Balaban J connectivity index is 1.91. The first-order valence-corrected chi connectivity index (χ1v) is 7.22. The summed E-state index contributed by atoms with van der Waals surface area (Å²) < 4.78 is 0. The Morgan fingerprint density at radius 1 is 1.15 bits per heavy atom. The Kier molecular flexibility index (Phi) is 3.49. The van der Waals surface area contributed by atoms with Crippen LogP contribution < -0.4 is 4.90 Å². The highest BCUT2D eigenvalue weighted by Crippen LogP contribution is 2.35. The van der Waals surface area contributed by atoms with Gasteiger partial charge >= 0.3 is 0 Å². The van der Waals surface area contributed by atoms with Crippen LogP contribution in [0.3, 0.4) is 0 Å². The molecule has 0 aromatic heterocycles. The molecule has 0 unspecified atom stereocenters. The molecule has 1 heterocycles. The molecule has 20 heavy (non-hydrogen) atoms. The molecule has 2 atom stereocenters. The smallest absolute Gasteiger partial charge is 0.249 e. The number of alkyl halides is 1. The molecule has 0 fully saturated rings. The number of halogens is 1. The fraction of sp³-hybridized carbons (Fsp3) is 0.235. The van der Waals surface area contributed by atoms with E-state index >= 15 is 0 Å². The van der Waals surface area contributed by atoms with Gasteiger partial charge in [-0.2, -0.15) is 0 Å². The van der Waals surface area contributed by atoms with Crippen LogP contribution in [-0.4, -0.2) is 11.9 Å². The van der Waals surface area contributed by atoms with Gasteiger partial charge in [0.15, 0.2) is 0 Å². The molecule has 2 aromatic rings. The molecule has 0 aliphatic carbocycles. The minimum absolute atomic E-state index is 0.0460. The number of anilines is 1. The molecule has 0 N–H and O–H groups in total. The van der Waals surface area contributed by atoms with Gasteiger partial charge in [0.1, 0.15) is 5.38 Å². The van der Waals surface area contributed by atoms with Gasteiger partial charge in [-0.1, -0.05) is 48.5 Å². The maximum absolute atomic E-state index is 12.7. The number of hydrogen-bond donors (Lipinski definition) is 0. The molecule has 2 nitrogen and oxygen atoms in total. The highest BCUT2D eigenvalue weighted by Gasteiger charge is 2.34. The second-order valence-corrected chi connectivity index (χ2v) is 5.60.